The standard InChI is InChI=1S/C17H19ClFN/c1-12(2)17(13-6-4-3-5-7-13)11-20-16-9-14(18)8-15(19)10-16/h3-10,12,17,20H,11H2,1-2H3. The third-order valence-electron chi connectivity index (χ3n) is 3.42. The number of rotatable bonds is 5. The van der Waals surface area contributed by atoms with E-state index < -0.39 is 0 Å². The number of hydrogen-bond acceptors (Lipinski definition) is 1. The molecule has 0 radical (unpaired) electrons. The third-order valence-corrected chi connectivity index (χ3v) is 3.64. The molecule has 1 unspecified atom stereocenters. The molecule has 0 amide bonds. The van der Waals surface area contributed by atoms with Crippen LogP contribution in [0.4, 0.5) is 10.1 Å². The van der Waals surface area contributed by atoms with Gasteiger partial charge in [-0.15, -0.1) is 0 Å². The second-order valence-corrected chi connectivity index (χ2v) is 5.74. The summed E-state index contributed by atoms with van der Waals surface area (Å²) in [4.78, 5) is 0. The Balaban J connectivity index is 2.10. The van der Waals surface area contributed by atoms with Crippen molar-refractivity contribution in [3.63, 3.8) is 0 Å². The van der Waals surface area contributed by atoms with Crippen LogP contribution in [0.5, 0.6) is 0 Å². The number of benzene rings is 2. The van der Waals surface area contributed by atoms with Crippen LogP contribution >= 0.6 is 11.6 Å². The average Bonchev–Trinajstić information content (AvgIpc) is 2.38. The molecule has 1 atom stereocenters. The summed E-state index contributed by atoms with van der Waals surface area (Å²) in [6.07, 6.45) is 0. The highest BCUT2D eigenvalue weighted by molar-refractivity contribution is 6.30. The SMILES string of the molecule is CC(C)C(CNc1cc(F)cc(Cl)c1)c1ccccc1. The van der Waals surface area contributed by atoms with Gasteiger partial charge in [0.15, 0.2) is 0 Å². The Morgan fingerprint density at radius 2 is 1.80 bits per heavy atom. The van der Waals surface area contributed by atoms with Crippen molar-refractivity contribution in [2.45, 2.75) is 19.8 Å². The minimum Gasteiger partial charge on any atom is -0.384 e. The lowest BCUT2D eigenvalue weighted by atomic mass is 9.88. The normalized spacial score (nSPS) is 12.4. The molecule has 2 aromatic carbocycles. The van der Waals surface area contributed by atoms with Crippen molar-refractivity contribution in [3.8, 4) is 0 Å². The zero-order chi connectivity index (χ0) is 14.5. The first-order chi connectivity index (χ1) is 9.56. The lowest BCUT2D eigenvalue weighted by Crippen LogP contribution is -2.17. The van der Waals surface area contributed by atoms with Crippen molar-refractivity contribution in [1.82, 2.24) is 0 Å². The van der Waals surface area contributed by atoms with E-state index in [-0.39, 0.29) is 5.82 Å². The Bertz CT molecular complexity index is 534. The maximum atomic E-state index is 13.3. The highest BCUT2D eigenvalue weighted by atomic mass is 35.5. The fourth-order valence-corrected chi connectivity index (χ4v) is 2.54. The van der Waals surface area contributed by atoms with Gasteiger partial charge < -0.3 is 5.32 Å². The minimum absolute atomic E-state index is 0.319. The van der Waals surface area contributed by atoms with E-state index in [1.165, 1.54) is 17.7 Å². The average molecular weight is 292 g/mol. The van der Waals surface area contributed by atoms with Crippen molar-refractivity contribution in [2.24, 2.45) is 5.92 Å². The van der Waals surface area contributed by atoms with Crippen LogP contribution in [0.1, 0.15) is 25.3 Å². The van der Waals surface area contributed by atoms with E-state index in [9.17, 15) is 4.39 Å². The first kappa shape index (κ1) is 14.9. The summed E-state index contributed by atoms with van der Waals surface area (Å²) in [5.74, 6) is 0.549. The summed E-state index contributed by atoms with van der Waals surface area (Å²) in [5.41, 5.74) is 2.01. The number of nitrogens with one attached hydrogen (secondary N) is 1. The van der Waals surface area contributed by atoms with Gasteiger partial charge in [-0.1, -0.05) is 55.8 Å². The molecule has 3 heteroatoms. The van der Waals surface area contributed by atoms with Crippen LogP contribution in [0.15, 0.2) is 48.5 Å². The second kappa shape index (κ2) is 6.76. The first-order valence-corrected chi connectivity index (χ1v) is 7.19. The van der Waals surface area contributed by atoms with Gasteiger partial charge in [-0.25, -0.2) is 4.39 Å². The fourth-order valence-electron chi connectivity index (χ4n) is 2.32. The summed E-state index contributed by atoms with van der Waals surface area (Å²) in [7, 11) is 0. The fraction of sp³-hybridized carbons (Fsp3) is 0.294. The van der Waals surface area contributed by atoms with Crippen LogP contribution in [0, 0.1) is 11.7 Å². The Morgan fingerprint density at radius 1 is 1.10 bits per heavy atom. The van der Waals surface area contributed by atoms with Crippen molar-refractivity contribution in [2.75, 3.05) is 11.9 Å². The Kier molecular flexibility index (Phi) is 5.02. The number of anilines is 1. The quantitative estimate of drug-likeness (QED) is 0.785. The molecule has 0 saturated heterocycles. The molecule has 1 nitrogen and oxygen atoms in total. The zero-order valence-corrected chi connectivity index (χ0v) is 12.5. The molecule has 0 aliphatic rings. The third kappa shape index (κ3) is 3.97. The van der Waals surface area contributed by atoms with E-state index in [2.05, 4.69) is 31.3 Å². The van der Waals surface area contributed by atoms with E-state index in [0.717, 1.165) is 12.2 Å². The number of halogens is 2. The van der Waals surface area contributed by atoms with Gasteiger partial charge in [-0.2, -0.15) is 0 Å². The summed E-state index contributed by atoms with van der Waals surface area (Å²) in [6, 6.07) is 14.9. The highest BCUT2D eigenvalue weighted by Gasteiger charge is 2.15. The van der Waals surface area contributed by atoms with Gasteiger partial charge in [0.1, 0.15) is 5.82 Å². The smallest absolute Gasteiger partial charge is 0.126 e. The molecule has 2 aromatic rings. The van der Waals surface area contributed by atoms with E-state index in [4.69, 9.17) is 11.6 Å². The van der Waals surface area contributed by atoms with E-state index in [1.807, 2.05) is 18.2 Å². The monoisotopic (exact) mass is 291 g/mol. The zero-order valence-electron chi connectivity index (χ0n) is 11.7. The van der Waals surface area contributed by atoms with Gasteiger partial charge in [-0.05, 0) is 29.7 Å². The lowest BCUT2D eigenvalue weighted by molar-refractivity contribution is 0.517. The molecule has 0 spiro atoms. The largest absolute Gasteiger partial charge is 0.384 e. The molecule has 106 valence electrons. The van der Waals surface area contributed by atoms with Gasteiger partial charge in [0.25, 0.3) is 0 Å². The summed E-state index contributed by atoms with van der Waals surface area (Å²) < 4.78 is 13.3. The summed E-state index contributed by atoms with van der Waals surface area (Å²) >= 11 is 5.86. The predicted molar refractivity (Wildman–Crippen MR) is 83.9 cm³/mol. The maximum absolute atomic E-state index is 13.3. The van der Waals surface area contributed by atoms with Gasteiger partial charge in [-0.3, -0.25) is 0 Å². The Labute approximate surface area is 124 Å². The summed E-state index contributed by atoms with van der Waals surface area (Å²) in [5, 5.41) is 3.69. The van der Waals surface area contributed by atoms with Crippen LogP contribution in [0.25, 0.3) is 0 Å². The van der Waals surface area contributed by atoms with Gasteiger partial charge >= 0.3 is 0 Å². The Morgan fingerprint density at radius 3 is 2.40 bits per heavy atom. The molecular weight excluding hydrogens is 273 g/mol. The van der Waals surface area contributed by atoms with Crippen molar-refractivity contribution in [3.05, 3.63) is 64.9 Å². The molecule has 0 bridgehead atoms. The van der Waals surface area contributed by atoms with Crippen molar-refractivity contribution in [1.29, 1.82) is 0 Å². The molecule has 2 rings (SSSR count). The molecule has 0 saturated carbocycles. The maximum Gasteiger partial charge on any atom is 0.126 e. The summed E-state index contributed by atoms with van der Waals surface area (Å²) in [6.45, 7) is 5.14. The highest BCUT2D eigenvalue weighted by Crippen LogP contribution is 2.25. The topological polar surface area (TPSA) is 12.0 Å². The Hall–Kier alpha value is -1.54. The molecule has 0 aliphatic heterocycles. The van der Waals surface area contributed by atoms with Gasteiger partial charge in [0, 0.05) is 23.2 Å². The van der Waals surface area contributed by atoms with E-state index in [1.54, 1.807) is 6.07 Å². The minimum atomic E-state index is -0.319. The molecule has 20 heavy (non-hydrogen) atoms. The molecule has 0 heterocycles. The van der Waals surface area contributed by atoms with Gasteiger partial charge in [0.2, 0.25) is 0 Å². The van der Waals surface area contributed by atoms with Crippen molar-refractivity contribution < 1.29 is 4.39 Å². The first-order valence-electron chi connectivity index (χ1n) is 6.81. The van der Waals surface area contributed by atoms with Crippen molar-refractivity contribution >= 4 is 17.3 Å². The van der Waals surface area contributed by atoms with Crippen LogP contribution in [-0.4, -0.2) is 6.54 Å². The molecule has 0 aliphatic carbocycles. The van der Waals surface area contributed by atoms with Crippen LogP contribution in [0.3, 0.4) is 0 Å². The lowest BCUT2D eigenvalue weighted by Gasteiger charge is -2.22. The van der Waals surface area contributed by atoms with E-state index in [0.29, 0.717) is 16.9 Å². The number of hydrogen-bond donors (Lipinski definition) is 1. The molecule has 0 fully saturated rings. The predicted octanol–water partition coefficient (Wildman–Crippen LogP) is 5.33. The van der Waals surface area contributed by atoms with Crippen LogP contribution < -0.4 is 5.32 Å². The van der Waals surface area contributed by atoms with E-state index >= 15 is 0 Å². The second-order valence-electron chi connectivity index (χ2n) is 5.30. The molecule has 1 N–H and O–H groups in total. The van der Waals surface area contributed by atoms with Crippen LogP contribution in [-0.2, 0) is 0 Å². The van der Waals surface area contributed by atoms with Gasteiger partial charge in [0.05, 0.1) is 0 Å². The van der Waals surface area contributed by atoms with Crippen LogP contribution in [0.2, 0.25) is 5.02 Å². The molecular formula is C17H19ClFN. The molecule has 0 aromatic heterocycles.